The second-order valence-corrected chi connectivity index (χ2v) is 5.09. The van der Waals surface area contributed by atoms with Gasteiger partial charge in [0.2, 0.25) is 11.8 Å². The standard InChI is InChI=1S/C13H25N3O2/c1-11(10-14)9-12(17)15-6-5-13(18)16-7-3-2-4-8-16/h11H,2-10,14H2,1H3,(H,15,17). The number of nitrogens with zero attached hydrogens (tertiary/aromatic N) is 1. The van der Waals surface area contributed by atoms with Crippen LogP contribution in [-0.2, 0) is 9.59 Å². The molecule has 1 aliphatic rings. The molecule has 0 radical (unpaired) electrons. The smallest absolute Gasteiger partial charge is 0.224 e. The van der Waals surface area contributed by atoms with Gasteiger partial charge in [0, 0.05) is 32.5 Å². The molecule has 0 bridgehead atoms. The van der Waals surface area contributed by atoms with E-state index >= 15 is 0 Å². The van der Waals surface area contributed by atoms with Gasteiger partial charge >= 0.3 is 0 Å². The SMILES string of the molecule is CC(CN)CC(=O)NCCC(=O)N1CCCCC1. The highest BCUT2D eigenvalue weighted by Crippen LogP contribution is 2.09. The molecule has 18 heavy (non-hydrogen) atoms. The van der Waals surface area contributed by atoms with Crippen LogP contribution in [0.25, 0.3) is 0 Å². The van der Waals surface area contributed by atoms with E-state index in [9.17, 15) is 9.59 Å². The van der Waals surface area contributed by atoms with E-state index in [2.05, 4.69) is 5.32 Å². The number of nitrogens with one attached hydrogen (secondary N) is 1. The van der Waals surface area contributed by atoms with Gasteiger partial charge in [-0.1, -0.05) is 6.92 Å². The third kappa shape index (κ3) is 5.49. The van der Waals surface area contributed by atoms with E-state index in [1.807, 2.05) is 11.8 Å². The Labute approximate surface area is 109 Å². The molecule has 1 unspecified atom stereocenters. The van der Waals surface area contributed by atoms with Crippen molar-refractivity contribution in [2.24, 2.45) is 11.7 Å². The van der Waals surface area contributed by atoms with Crippen LogP contribution in [-0.4, -0.2) is 42.9 Å². The Balaban J connectivity index is 2.12. The molecule has 1 rings (SSSR count). The Morgan fingerprint density at radius 2 is 1.94 bits per heavy atom. The number of hydrogen-bond donors (Lipinski definition) is 2. The predicted octanol–water partition coefficient (Wildman–Crippen LogP) is 0.490. The molecule has 1 heterocycles. The Hall–Kier alpha value is -1.10. The van der Waals surface area contributed by atoms with Crippen LogP contribution in [0, 0.1) is 5.92 Å². The van der Waals surface area contributed by atoms with Crippen molar-refractivity contribution in [3.8, 4) is 0 Å². The summed E-state index contributed by atoms with van der Waals surface area (Å²) in [4.78, 5) is 25.2. The summed E-state index contributed by atoms with van der Waals surface area (Å²) < 4.78 is 0. The average Bonchev–Trinajstić information content (AvgIpc) is 2.39. The van der Waals surface area contributed by atoms with Crippen molar-refractivity contribution in [2.45, 2.75) is 39.0 Å². The quantitative estimate of drug-likeness (QED) is 0.725. The topological polar surface area (TPSA) is 75.4 Å². The summed E-state index contributed by atoms with van der Waals surface area (Å²) in [6.45, 7) is 4.64. The lowest BCUT2D eigenvalue weighted by Crippen LogP contribution is -2.38. The molecule has 0 saturated carbocycles. The maximum absolute atomic E-state index is 11.8. The minimum Gasteiger partial charge on any atom is -0.356 e. The highest BCUT2D eigenvalue weighted by atomic mass is 16.2. The van der Waals surface area contributed by atoms with Crippen molar-refractivity contribution in [3.05, 3.63) is 0 Å². The summed E-state index contributed by atoms with van der Waals surface area (Å²) >= 11 is 0. The summed E-state index contributed by atoms with van der Waals surface area (Å²) in [6.07, 6.45) is 4.27. The molecule has 5 heteroatoms. The third-order valence-electron chi connectivity index (χ3n) is 3.31. The molecule has 1 aliphatic heterocycles. The first-order chi connectivity index (χ1) is 8.63. The van der Waals surface area contributed by atoms with Gasteiger partial charge < -0.3 is 16.0 Å². The van der Waals surface area contributed by atoms with Crippen LogP contribution >= 0.6 is 0 Å². The fraction of sp³-hybridized carbons (Fsp3) is 0.846. The maximum atomic E-state index is 11.8. The molecule has 0 spiro atoms. The number of carbonyl (C=O) groups excluding carboxylic acids is 2. The first-order valence-corrected chi connectivity index (χ1v) is 6.88. The Morgan fingerprint density at radius 1 is 1.28 bits per heavy atom. The number of carbonyl (C=O) groups is 2. The molecule has 1 atom stereocenters. The summed E-state index contributed by atoms with van der Waals surface area (Å²) in [5.74, 6) is 0.337. The molecule has 0 aromatic heterocycles. The largest absolute Gasteiger partial charge is 0.356 e. The van der Waals surface area contributed by atoms with Crippen molar-refractivity contribution in [1.82, 2.24) is 10.2 Å². The molecule has 3 N–H and O–H groups in total. The lowest BCUT2D eigenvalue weighted by atomic mass is 10.1. The van der Waals surface area contributed by atoms with Gasteiger partial charge in [-0.05, 0) is 31.7 Å². The summed E-state index contributed by atoms with van der Waals surface area (Å²) in [5, 5.41) is 2.78. The first-order valence-electron chi connectivity index (χ1n) is 6.88. The molecule has 0 aromatic carbocycles. The lowest BCUT2D eigenvalue weighted by Gasteiger charge is -2.26. The second-order valence-electron chi connectivity index (χ2n) is 5.09. The maximum Gasteiger partial charge on any atom is 0.224 e. The molecule has 1 saturated heterocycles. The fourth-order valence-corrected chi connectivity index (χ4v) is 2.08. The summed E-state index contributed by atoms with van der Waals surface area (Å²) in [6, 6.07) is 0. The zero-order valence-corrected chi connectivity index (χ0v) is 11.3. The van der Waals surface area contributed by atoms with E-state index in [1.54, 1.807) is 0 Å². The van der Waals surface area contributed by atoms with Crippen molar-refractivity contribution in [1.29, 1.82) is 0 Å². The number of nitrogens with two attached hydrogens (primary N) is 1. The van der Waals surface area contributed by atoms with Crippen LogP contribution in [0.1, 0.15) is 39.0 Å². The van der Waals surface area contributed by atoms with E-state index in [0.717, 1.165) is 25.9 Å². The first kappa shape index (κ1) is 15.0. The highest BCUT2D eigenvalue weighted by Gasteiger charge is 2.16. The number of amides is 2. The number of rotatable bonds is 6. The number of likely N-dealkylation sites (tertiary alicyclic amines) is 1. The zero-order chi connectivity index (χ0) is 13.4. The molecule has 1 fully saturated rings. The molecular weight excluding hydrogens is 230 g/mol. The summed E-state index contributed by atoms with van der Waals surface area (Å²) in [5.41, 5.74) is 5.45. The van der Waals surface area contributed by atoms with E-state index in [4.69, 9.17) is 5.73 Å². The Kier molecular flexibility index (Phi) is 6.72. The fourth-order valence-electron chi connectivity index (χ4n) is 2.08. The van der Waals surface area contributed by atoms with Crippen LogP contribution < -0.4 is 11.1 Å². The van der Waals surface area contributed by atoms with Gasteiger partial charge in [-0.15, -0.1) is 0 Å². The lowest BCUT2D eigenvalue weighted by molar-refractivity contribution is -0.132. The van der Waals surface area contributed by atoms with Crippen LogP contribution in [0.15, 0.2) is 0 Å². The van der Waals surface area contributed by atoms with Gasteiger partial charge in [0.05, 0.1) is 0 Å². The highest BCUT2D eigenvalue weighted by molar-refractivity contribution is 5.79. The van der Waals surface area contributed by atoms with E-state index in [0.29, 0.717) is 25.9 Å². The van der Waals surface area contributed by atoms with Crippen molar-refractivity contribution in [3.63, 3.8) is 0 Å². The van der Waals surface area contributed by atoms with Crippen LogP contribution in [0.5, 0.6) is 0 Å². The van der Waals surface area contributed by atoms with Crippen molar-refractivity contribution >= 4 is 11.8 Å². The van der Waals surface area contributed by atoms with Crippen molar-refractivity contribution < 1.29 is 9.59 Å². The molecular formula is C13H25N3O2. The van der Waals surface area contributed by atoms with Gasteiger partial charge in [0.15, 0.2) is 0 Å². The Bertz CT molecular complexity index is 275. The van der Waals surface area contributed by atoms with Crippen LogP contribution in [0.4, 0.5) is 0 Å². The molecule has 104 valence electrons. The number of hydrogen-bond acceptors (Lipinski definition) is 3. The van der Waals surface area contributed by atoms with E-state index in [-0.39, 0.29) is 17.7 Å². The van der Waals surface area contributed by atoms with Gasteiger partial charge in [-0.25, -0.2) is 0 Å². The average molecular weight is 255 g/mol. The van der Waals surface area contributed by atoms with Crippen LogP contribution in [0.3, 0.4) is 0 Å². The zero-order valence-electron chi connectivity index (χ0n) is 11.3. The minimum atomic E-state index is -0.0144. The normalized spacial score (nSPS) is 17.3. The Morgan fingerprint density at radius 3 is 2.56 bits per heavy atom. The monoisotopic (exact) mass is 255 g/mol. The molecule has 0 aliphatic carbocycles. The van der Waals surface area contributed by atoms with E-state index < -0.39 is 0 Å². The van der Waals surface area contributed by atoms with Gasteiger partial charge in [0.1, 0.15) is 0 Å². The van der Waals surface area contributed by atoms with Gasteiger partial charge in [0.25, 0.3) is 0 Å². The van der Waals surface area contributed by atoms with Gasteiger partial charge in [-0.2, -0.15) is 0 Å². The number of piperidine rings is 1. The van der Waals surface area contributed by atoms with Crippen LogP contribution in [0.2, 0.25) is 0 Å². The van der Waals surface area contributed by atoms with Crippen molar-refractivity contribution in [2.75, 3.05) is 26.2 Å². The second kappa shape index (κ2) is 8.08. The third-order valence-corrected chi connectivity index (χ3v) is 3.31. The van der Waals surface area contributed by atoms with E-state index in [1.165, 1.54) is 6.42 Å². The molecule has 5 nitrogen and oxygen atoms in total. The van der Waals surface area contributed by atoms with Gasteiger partial charge in [-0.3, -0.25) is 9.59 Å². The molecule has 2 amide bonds. The predicted molar refractivity (Wildman–Crippen MR) is 70.9 cm³/mol. The summed E-state index contributed by atoms with van der Waals surface area (Å²) in [7, 11) is 0. The minimum absolute atomic E-state index is 0.0144. The molecule has 0 aromatic rings.